The van der Waals surface area contributed by atoms with Gasteiger partial charge in [0.2, 0.25) is 0 Å². The molecule has 30 heavy (non-hydrogen) atoms. The lowest BCUT2D eigenvalue weighted by Gasteiger charge is -2.16. The van der Waals surface area contributed by atoms with Crippen LogP contribution in [0.5, 0.6) is 5.75 Å². The van der Waals surface area contributed by atoms with Gasteiger partial charge in [-0.25, -0.2) is 4.79 Å². The summed E-state index contributed by atoms with van der Waals surface area (Å²) >= 11 is 12.9. The van der Waals surface area contributed by atoms with Crippen molar-refractivity contribution in [1.82, 2.24) is 0 Å². The summed E-state index contributed by atoms with van der Waals surface area (Å²) in [6.07, 6.45) is 1.65. The van der Waals surface area contributed by atoms with Crippen LogP contribution >= 0.6 is 43.5 Å². The van der Waals surface area contributed by atoms with Crippen molar-refractivity contribution in [3.05, 3.63) is 61.0 Å². The maximum Gasteiger partial charge on any atom is 0.337 e. The molecular formula is C21H17Br2ClN2O4. The molecule has 2 aromatic rings. The van der Waals surface area contributed by atoms with E-state index < -0.39 is 5.97 Å². The van der Waals surface area contributed by atoms with Gasteiger partial charge >= 0.3 is 5.97 Å². The number of halogens is 3. The lowest BCUT2D eigenvalue weighted by Crippen LogP contribution is -2.21. The Balaban J connectivity index is 2.04. The zero-order valence-electron chi connectivity index (χ0n) is 16.2. The summed E-state index contributed by atoms with van der Waals surface area (Å²) in [5.74, 6) is -0.948. The normalized spacial score (nSPS) is 15.2. The first-order valence-electron chi connectivity index (χ1n) is 8.88. The first-order valence-corrected chi connectivity index (χ1v) is 10.8. The van der Waals surface area contributed by atoms with Crippen LogP contribution in [0.4, 0.5) is 5.69 Å². The smallest absolute Gasteiger partial charge is 0.337 e. The monoisotopic (exact) mass is 554 g/mol. The molecule has 1 N–H and O–H groups in total. The summed E-state index contributed by atoms with van der Waals surface area (Å²) < 4.78 is 7.49. The predicted molar refractivity (Wildman–Crippen MR) is 125 cm³/mol. The largest absolute Gasteiger partial charge is 0.489 e. The van der Waals surface area contributed by atoms with E-state index in [-0.39, 0.29) is 22.6 Å². The molecule has 6 nitrogen and oxygen atoms in total. The summed E-state index contributed by atoms with van der Waals surface area (Å²) in [6, 6.07) is 8.02. The molecule has 3 rings (SSSR count). The third kappa shape index (κ3) is 4.61. The Morgan fingerprint density at radius 3 is 2.60 bits per heavy atom. The Hall–Kier alpha value is -2.16. The van der Waals surface area contributed by atoms with Crippen molar-refractivity contribution < 1.29 is 19.4 Å². The van der Waals surface area contributed by atoms with Crippen LogP contribution in [0, 0.1) is 0 Å². The number of benzene rings is 2. The van der Waals surface area contributed by atoms with Gasteiger partial charge in [0.15, 0.2) is 0 Å². The van der Waals surface area contributed by atoms with Crippen molar-refractivity contribution in [2.75, 3.05) is 5.01 Å². The Labute approximate surface area is 195 Å². The molecule has 0 spiro atoms. The highest BCUT2D eigenvalue weighted by atomic mass is 79.9. The molecule has 0 radical (unpaired) electrons. The standard InChI is InChI=1S/C21H17Br2ClN2O4/c1-10(2)30-19-12(6-13(22)8-17(19)23)7-15-11(3)25-26(20(15)27)14-4-5-18(24)16(9-14)21(28)29/h4-10H,1-3H3,(H,28,29)/b15-7-. The number of amides is 1. The fourth-order valence-electron chi connectivity index (χ4n) is 2.87. The van der Waals surface area contributed by atoms with Crippen molar-refractivity contribution in [3.8, 4) is 5.75 Å². The quantitative estimate of drug-likeness (QED) is 0.448. The van der Waals surface area contributed by atoms with E-state index in [0.717, 1.165) is 8.95 Å². The molecule has 1 aliphatic rings. The number of hydrogen-bond acceptors (Lipinski definition) is 4. The third-order valence-electron chi connectivity index (χ3n) is 4.18. The summed E-state index contributed by atoms with van der Waals surface area (Å²) in [6.45, 7) is 5.55. The van der Waals surface area contributed by atoms with Crippen molar-refractivity contribution in [3.63, 3.8) is 0 Å². The van der Waals surface area contributed by atoms with Crippen LogP contribution in [-0.4, -0.2) is 28.8 Å². The maximum absolute atomic E-state index is 13.1. The fourth-order valence-corrected chi connectivity index (χ4v) is 4.42. The second-order valence-corrected chi connectivity index (χ2v) is 8.98. The van der Waals surface area contributed by atoms with E-state index in [1.807, 2.05) is 26.0 Å². The molecule has 0 fully saturated rings. The predicted octanol–water partition coefficient (Wildman–Crippen LogP) is 6.16. The highest BCUT2D eigenvalue weighted by Gasteiger charge is 2.30. The molecule has 9 heteroatoms. The van der Waals surface area contributed by atoms with Gasteiger partial charge in [0.1, 0.15) is 5.75 Å². The van der Waals surface area contributed by atoms with Crippen LogP contribution in [0.3, 0.4) is 0 Å². The van der Waals surface area contributed by atoms with Gasteiger partial charge in [-0.2, -0.15) is 10.1 Å². The molecule has 0 unspecified atom stereocenters. The van der Waals surface area contributed by atoms with Crippen LogP contribution in [0.15, 0.2) is 50.0 Å². The molecule has 1 amide bonds. The number of carboxylic acid groups (broad SMARTS) is 1. The van der Waals surface area contributed by atoms with Crippen LogP contribution < -0.4 is 9.75 Å². The van der Waals surface area contributed by atoms with Crippen molar-refractivity contribution in [2.45, 2.75) is 26.9 Å². The summed E-state index contributed by atoms with van der Waals surface area (Å²) in [5.41, 5.74) is 1.79. The molecule has 1 heterocycles. The van der Waals surface area contributed by atoms with Gasteiger partial charge in [-0.1, -0.05) is 27.5 Å². The Kier molecular flexibility index (Phi) is 6.69. The number of anilines is 1. The van der Waals surface area contributed by atoms with Crippen LogP contribution in [0.25, 0.3) is 6.08 Å². The van der Waals surface area contributed by atoms with E-state index in [9.17, 15) is 14.7 Å². The molecule has 0 aliphatic carbocycles. The number of nitrogens with zero attached hydrogens (tertiary/aromatic N) is 2. The SMILES string of the molecule is CC1=NN(c2ccc(Cl)c(C(=O)O)c2)C(=O)/C1=C\c1cc(Br)cc(Br)c1OC(C)C. The Bertz CT molecular complexity index is 1110. The molecule has 0 saturated carbocycles. The second-order valence-electron chi connectivity index (χ2n) is 6.80. The first-order chi connectivity index (χ1) is 14.1. The van der Waals surface area contributed by atoms with E-state index in [1.54, 1.807) is 19.1 Å². The van der Waals surface area contributed by atoms with Crippen LogP contribution in [0.2, 0.25) is 5.02 Å². The van der Waals surface area contributed by atoms with Crippen molar-refractivity contribution in [2.24, 2.45) is 5.10 Å². The first kappa shape index (κ1) is 22.5. The number of carbonyl (C=O) groups excluding carboxylic acids is 1. The van der Waals surface area contributed by atoms with E-state index in [1.165, 1.54) is 17.1 Å². The second kappa shape index (κ2) is 8.91. The number of hydrogen-bond donors (Lipinski definition) is 1. The number of aromatic carboxylic acids is 1. The van der Waals surface area contributed by atoms with E-state index in [4.69, 9.17) is 16.3 Å². The molecule has 0 bridgehead atoms. The minimum atomic E-state index is -1.18. The Morgan fingerprint density at radius 2 is 1.97 bits per heavy atom. The average Bonchev–Trinajstić information content (AvgIpc) is 2.92. The van der Waals surface area contributed by atoms with Crippen molar-refractivity contribution >= 4 is 72.8 Å². The van der Waals surface area contributed by atoms with Gasteiger partial charge in [0.25, 0.3) is 5.91 Å². The van der Waals surface area contributed by atoms with Crippen LogP contribution in [0.1, 0.15) is 36.7 Å². The lowest BCUT2D eigenvalue weighted by molar-refractivity contribution is -0.114. The van der Waals surface area contributed by atoms with Gasteiger partial charge in [-0.15, -0.1) is 0 Å². The third-order valence-corrected chi connectivity index (χ3v) is 5.55. The number of hydrazone groups is 1. The van der Waals surface area contributed by atoms with Gasteiger partial charge in [-0.05, 0) is 73.1 Å². The highest BCUT2D eigenvalue weighted by molar-refractivity contribution is 9.11. The minimum Gasteiger partial charge on any atom is -0.489 e. The van der Waals surface area contributed by atoms with Gasteiger partial charge < -0.3 is 9.84 Å². The number of rotatable bonds is 5. The molecule has 1 aliphatic heterocycles. The molecule has 156 valence electrons. The van der Waals surface area contributed by atoms with Crippen LogP contribution in [-0.2, 0) is 4.79 Å². The average molecular weight is 557 g/mol. The highest BCUT2D eigenvalue weighted by Crippen LogP contribution is 2.36. The molecule has 0 atom stereocenters. The topological polar surface area (TPSA) is 79.2 Å². The summed E-state index contributed by atoms with van der Waals surface area (Å²) in [4.78, 5) is 24.5. The van der Waals surface area contributed by atoms with Gasteiger partial charge in [-0.3, -0.25) is 4.79 Å². The Morgan fingerprint density at radius 1 is 1.27 bits per heavy atom. The molecule has 2 aromatic carbocycles. The molecule has 0 aromatic heterocycles. The zero-order chi connectivity index (χ0) is 22.2. The van der Waals surface area contributed by atoms with Gasteiger partial charge in [0, 0.05) is 10.0 Å². The van der Waals surface area contributed by atoms with E-state index >= 15 is 0 Å². The minimum absolute atomic E-state index is 0.0614. The van der Waals surface area contributed by atoms with Gasteiger partial charge in [0.05, 0.1) is 38.1 Å². The summed E-state index contributed by atoms with van der Waals surface area (Å²) in [7, 11) is 0. The lowest BCUT2D eigenvalue weighted by atomic mass is 10.1. The molecular weight excluding hydrogens is 540 g/mol. The maximum atomic E-state index is 13.1. The zero-order valence-corrected chi connectivity index (χ0v) is 20.2. The van der Waals surface area contributed by atoms with E-state index in [0.29, 0.717) is 28.3 Å². The molecule has 0 saturated heterocycles. The van der Waals surface area contributed by atoms with Crippen molar-refractivity contribution in [1.29, 1.82) is 0 Å². The number of carboxylic acids is 1. The fraction of sp³-hybridized carbons (Fsp3) is 0.190. The number of carbonyl (C=O) groups is 2. The summed E-state index contributed by atoms with van der Waals surface area (Å²) in [5, 5.41) is 14.9. The number of ether oxygens (including phenoxy) is 1. The van der Waals surface area contributed by atoms with E-state index in [2.05, 4.69) is 37.0 Å².